The van der Waals surface area contributed by atoms with E-state index >= 15 is 0 Å². The number of carboxylic acids is 1. The molecule has 1 atom stereocenters. The van der Waals surface area contributed by atoms with Crippen molar-refractivity contribution >= 4 is 11.8 Å². The van der Waals surface area contributed by atoms with Crippen LogP contribution < -0.4 is 4.90 Å². The number of pyridine rings is 1. The largest absolute Gasteiger partial charge is 0.478 e. The van der Waals surface area contributed by atoms with Gasteiger partial charge in [-0.2, -0.15) is 13.2 Å². The Hall–Kier alpha value is -1.93. The van der Waals surface area contributed by atoms with Crippen molar-refractivity contribution in [3.05, 3.63) is 22.9 Å². The van der Waals surface area contributed by atoms with Crippen molar-refractivity contribution in [1.82, 2.24) is 4.98 Å². The van der Waals surface area contributed by atoms with E-state index in [0.29, 0.717) is 6.20 Å². The third-order valence-electron chi connectivity index (χ3n) is 4.07. The van der Waals surface area contributed by atoms with Crippen LogP contribution in [0.1, 0.15) is 34.8 Å². The number of aromatic carboxylic acids is 1. The first-order chi connectivity index (χ1) is 10.4. The van der Waals surface area contributed by atoms with Gasteiger partial charge in [-0.05, 0) is 12.5 Å². The van der Waals surface area contributed by atoms with E-state index in [-0.39, 0.29) is 18.9 Å². The molecule has 0 aromatic carbocycles. The molecule has 0 bridgehead atoms. The van der Waals surface area contributed by atoms with Crippen molar-refractivity contribution in [3.63, 3.8) is 0 Å². The Morgan fingerprint density at radius 1 is 1.43 bits per heavy atom. The van der Waals surface area contributed by atoms with Gasteiger partial charge in [0.2, 0.25) is 0 Å². The van der Waals surface area contributed by atoms with Gasteiger partial charge in [-0.25, -0.2) is 18.6 Å². The van der Waals surface area contributed by atoms with Gasteiger partial charge >= 0.3 is 12.1 Å². The van der Waals surface area contributed by atoms with E-state index in [4.69, 9.17) is 0 Å². The van der Waals surface area contributed by atoms with Crippen LogP contribution in [0.15, 0.2) is 6.20 Å². The number of hydrogen-bond acceptors (Lipinski definition) is 3. The maximum absolute atomic E-state index is 13.5. The summed E-state index contributed by atoms with van der Waals surface area (Å²) >= 11 is 0. The van der Waals surface area contributed by atoms with Crippen molar-refractivity contribution < 1.29 is 31.9 Å². The van der Waals surface area contributed by atoms with Crippen LogP contribution in [0.2, 0.25) is 0 Å². The lowest BCUT2D eigenvalue weighted by Crippen LogP contribution is -2.46. The van der Waals surface area contributed by atoms with Gasteiger partial charge in [-0.15, -0.1) is 0 Å². The Labute approximate surface area is 128 Å². The molecule has 0 saturated carbocycles. The lowest BCUT2D eigenvalue weighted by atomic mass is 9.94. The minimum Gasteiger partial charge on any atom is -0.478 e. The van der Waals surface area contributed by atoms with Gasteiger partial charge in [0.25, 0.3) is 5.92 Å². The lowest BCUT2D eigenvalue weighted by molar-refractivity contribution is -0.138. The van der Waals surface area contributed by atoms with Gasteiger partial charge in [-0.1, -0.05) is 6.92 Å². The predicted octanol–water partition coefficient (Wildman–Crippen LogP) is 3.59. The van der Waals surface area contributed by atoms with Crippen molar-refractivity contribution in [2.75, 3.05) is 18.0 Å². The van der Waals surface area contributed by atoms with Crippen molar-refractivity contribution in [2.24, 2.45) is 5.92 Å². The van der Waals surface area contributed by atoms with E-state index in [1.165, 1.54) is 11.8 Å². The zero-order chi connectivity index (χ0) is 17.6. The average molecular weight is 338 g/mol. The molecule has 1 aromatic rings. The van der Waals surface area contributed by atoms with Crippen LogP contribution >= 0.6 is 0 Å². The number of nitrogens with zero attached hydrogens (tertiary/aromatic N) is 2. The number of rotatable bonds is 2. The number of aromatic nitrogens is 1. The number of carbonyl (C=O) groups is 1. The highest BCUT2D eigenvalue weighted by molar-refractivity contribution is 5.95. The first kappa shape index (κ1) is 17.4. The number of alkyl halides is 5. The maximum atomic E-state index is 13.5. The second kappa shape index (κ2) is 5.61. The smallest absolute Gasteiger partial charge is 0.418 e. The molecule has 1 N–H and O–H groups in total. The molecule has 4 nitrogen and oxygen atoms in total. The van der Waals surface area contributed by atoms with Crippen LogP contribution in [-0.4, -0.2) is 35.1 Å². The Kier molecular flexibility index (Phi) is 4.25. The molecule has 128 valence electrons. The zero-order valence-corrected chi connectivity index (χ0v) is 12.4. The summed E-state index contributed by atoms with van der Waals surface area (Å²) in [6, 6.07) is 0. The first-order valence-electron chi connectivity index (χ1n) is 6.88. The van der Waals surface area contributed by atoms with Crippen LogP contribution in [0.5, 0.6) is 0 Å². The Morgan fingerprint density at radius 3 is 2.52 bits per heavy atom. The van der Waals surface area contributed by atoms with E-state index in [0.717, 1.165) is 6.92 Å². The van der Waals surface area contributed by atoms with Crippen molar-refractivity contribution in [1.29, 1.82) is 0 Å². The summed E-state index contributed by atoms with van der Waals surface area (Å²) in [4.78, 5) is 16.3. The summed E-state index contributed by atoms with van der Waals surface area (Å²) < 4.78 is 65.7. The van der Waals surface area contributed by atoms with Gasteiger partial charge < -0.3 is 10.0 Å². The molecule has 0 radical (unpaired) electrons. The number of carboxylic acid groups (broad SMARTS) is 1. The van der Waals surface area contributed by atoms with Crippen molar-refractivity contribution in [2.45, 2.75) is 32.4 Å². The fraction of sp³-hybridized carbons (Fsp3) is 0.571. The second-order valence-corrected chi connectivity index (χ2v) is 5.66. The average Bonchev–Trinajstić information content (AvgIpc) is 2.39. The quantitative estimate of drug-likeness (QED) is 0.838. The topological polar surface area (TPSA) is 53.4 Å². The van der Waals surface area contributed by atoms with Gasteiger partial charge in [0, 0.05) is 31.6 Å². The van der Waals surface area contributed by atoms with Gasteiger partial charge in [0.1, 0.15) is 11.4 Å². The molecule has 0 spiro atoms. The second-order valence-electron chi connectivity index (χ2n) is 5.66. The fourth-order valence-corrected chi connectivity index (χ4v) is 2.65. The minimum absolute atomic E-state index is 0.171. The maximum Gasteiger partial charge on any atom is 0.418 e. The summed E-state index contributed by atoms with van der Waals surface area (Å²) in [5, 5.41) is 9.25. The summed E-state index contributed by atoms with van der Waals surface area (Å²) in [5.41, 5.74) is -2.22. The molecule has 1 aliphatic heterocycles. The molecule has 1 aliphatic rings. The van der Waals surface area contributed by atoms with E-state index in [1.807, 2.05) is 0 Å². The Bertz CT molecular complexity index is 630. The molecule has 2 heterocycles. The number of halogens is 5. The van der Waals surface area contributed by atoms with Gasteiger partial charge in [0.05, 0.1) is 5.56 Å². The minimum atomic E-state index is -4.73. The standard InChI is InChI=1S/C14H15F5N2O2/c1-7-6-21(4-3-13(7,15)16)11-10(12(22)23)8(2)9(5-20-11)14(17,18)19/h5,7H,3-4,6H2,1-2H3,(H,22,23)/t7-/m0/s1. The molecule has 0 unspecified atom stereocenters. The summed E-state index contributed by atoms with van der Waals surface area (Å²) in [6.07, 6.45) is -4.69. The Balaban J connectivity index is 2.48. The first-order valence-corrected chi connectivity index (χ1v) is 6.88. The Morgan fingerprint density at radius 2 is 2.04 bits per heavy atom. The molecular weight excluding hydrogens is 323 g/mol. The monoisotopic (exact) mass is 338 g/mol. The highest BCUT2D eigenvalue weighted by Gasteiger charge is 2.43. The predicted molar refractivity (Wildman–Crippen MR) is 71.9 cm³/mol. The van der Waals surface area contributed by atoms with Gasteiger partial charge in [0.15, 0.2) is 0 Å². The normalized spacial score (nSPS) is 21.3. The molecule has 0 amide bonds. The third-order valence-corrected chi connectivity index (χ3v) is 4.07. The lowest BCUT2D eigenvalue weighted by Gasteiger charge is -2.38. The molecule has 9 heteroatoms. The van der Waals surface area contributed by atoms with Crippen LogP contribution in [0, 0.1) is 12.8 Å². The summed E-state index contributed by atoms with van der Waals surface area (Å²) in [6.45, 7) is 2.00. The third kappa shape index (κ3) is 3.23. The van der Waals surface area contributed by atoms with Crippen LogP contribution in [-0.2, 0) is 6.18 Å². The summed E-state index contributed by atoms with van der Waals surface area (Å²) in [5.74, 6) is -5.71. The van der Waals surface area contributed by atoms with Crippen LogP contribution in [0.3, 0.4) is 0 Å². The molecule has 23 heavy (non-hydrogen) atoms. The molecular formula is C14H15F5N2O2. The highest BCUT2D eigenvalue weighted by atomic mass is 19.4. The zero-order valence-electron chi connectivity index (χ0n) is 12.4. The number of piperidine rings is 1. The van der Waals surface area contributed by atoms with E-state index < -0.39 is 47.1 Å². The molecule has 2 rings (SSSR count). The molecule has 1 saturated heterocycles. The molecule has 1 fully saturated rings. The number of hydrogen-bond donors (Lipinski definition) is 1. The molecule has 0 aliphatic carbocycles. The van der Waals surface area contributed by atoms with Crippen LogP contribution in [0.25, 0.3) is 0 Å². The van der Waals surface area contributed by atoms with Crippen LogP contribution in [0.4, 0.5) is 27.8 Å². The van der Waals surface area contributed by atoms with Crippen molar-refractivity contribution in [3.8, 4) is 0 Å². The fourth-order valence-electron chi connectivity index (χ4n) is 2.65. The van der Waals surface area contributed by atoms with E-state index in [1.54, 1.807) is 0 Å². The summed E-state index contributed by atoms with van der Waals surface area (Å²) in [7, 11) is 0. The molecule has 1 aromatic heterocycles. The van der Waals surface area contributed by atoms with Gasteiger partial charge in [-0.3, -0.25) is 0 Å². The highest BCUT2D eigenvalue weighted by Crippen LogP contribution is 2.38. The SMILES string of the molecule is Cc1c(C(F)(F)F)cnc(N2CCC(F)(F)[C@@H](C)C2)c1C(=O)O. The van der Waals surface area contributed by atoms with E-state index in [9.17, 15) is 31.9 Å². The van der Waals surface area contributed by atoms with E-state index in [2.05, 4.69) is 4.98 Å². The number of anilines is 1.